The van der Waals surface area contributed by atoms with Gasteiger partial charge in [0, 0.05) is 15.9 Å². The minimum Gasteiger partial charge on any atom is -0.481 e. The molecule has 0 fully saturated rings. The van der Waals surface area contributed by atoms with Gasteiger partial charge in [-0.05, 0) is 40.8 Å². The van der Waals surface area contributed by atoms with Crippen LogP contribution in [0.1, 0.15) is 10.4 Å². The number of carbonyl (C=O) groups excluding carboxylic acids is 1. The van der Waals surface area contributed by atoms with Crippen LogP contribution in [0.25, 0.3) is 0 Å². The van der Waals surface area contributed by atoms with Crippen LogP contribution in [-0.4, -0.2) is 35.0 Å². The maximum atomic E-state index is 12.8. The molecule has 18 heavy (non-hydrogen) atoms. The Balaban J connectivity index is 2.39. The average Bonchev–Trinajstić information content (AvgIpc) is 2.27. The molecule has 7 heteroatoms. The number of hydrogen-bond donors (Lipinski definition) is 2. The maximum absolute atomic E-state index is 12.8. The van der Waals surface area contributed by atoms with Crippen molar-refractivity contribution in [2.45, 2.75) is 0 Å². The molecular weight excluding hydrogens is 372 g/mol. The normalized spacial score (nSPS) is 10.1. The van der Waals surface area contributed by atoms with Gasteiger partial charge < -0.3 is 10.4 Å². The molecule has 0 saturated carbocycles. The summed E-state index contributed by atoms with van der Waals surface area (Å²) in [6.45, 7) is 0.379. The molecule has 0 spiro atoms. The maximum Gasteiger partial charge on any atom is 0.313 e. The van der Waals surface area contributed by atoms with E-state index in [4.69, 9.17) is 5.11 Å². The Morgan fingerprint density at radius 3 is 2.78 bits per heavy atom. The van der Waals surface area contributed by atoms with Crippen molar-refractivity contribution in [3.05, 3.63) is 33.1 Å². The number of benzene rings is 1. The average molecular weight is 383 g/mol. The van der Waals surface area contributed by atoms with E-state index in [1.54, 1.807) is 0 Å². The molecule has 0 atom stereocenters. The number of nitrogens with one attached hydrogen (secondary N) is 1. The first-order chi connectivity index (χ1) is 8.50. The Morgan fingerprint density at radius 2 is 2.17 bits per heavy atom. The van der Waals surface area contributed by atoms with Gasteiger partial charge in [-0.1, -0.05) is 0 Å². The van der Waals surface area contributed by atoms with Crippen LogP contribution in [0.15, 0.2) is 18.2 Å². The summed E-state index contributed by atoms with van der Waals surface area (Å²) in [5.41, 5.74) is 0.417. The Bertz CT molecular complexity index is 456. The van der Waals surface area contributed by atoms with Crippen molar-refractivity contribution in [1.29, 1.82) is 0 Å². The van der Waals surface area contributed by atoms with E-state index in [0.29, 0.717) is 21.4 Å². The van der Waals surface area contributed by atoms with Gasteiger partial charge in [0.15, 0.2) is 0 Å². The molecule has 0 bridgehead atoms. The molecule has 4 nitrogen and oxygen atoms in total. The third kappa shape index (κ3) is 5.21. The number of halogens is 2. The predicted molar refractivity (Wildman–Crippen MR) is 76.4 cm³/mol. The zero-order valence-corrected chi connectivity index (χ0v) is 12.3. The van der Waals surface area contributed by atoms with Gasteiger partial charge in [0.25, 0.3) is 5.91 Å². The van der Waals surface area contributed by atoms with Gasteiger partial charge in [-0.25, -0.2) is 4.39 Å². The van der Waals surface area contributed by atoms with Crippen LogP contribution in [0.3, 0.4) is 0 Å². The highest BCUT2D eigenvalue weighted by molar-refractivity contribution is 14.1. The summed E-state index contributed by atoms with van der Waals surface area (Å²) < 4.78 is 13.4. The molecule has 0 unspecified atom stereocenters. The van der Waals surface area contributed by atoms with Gasteiger partial charge in [-0.15, -0.1) is 11.8 Å². The van der Waals surface area contributed by atoms with Crippen molar-refractivity contribution in [1.82, 2.24) is 5.32 Å². The van der Waals surface area contributed by atoms with Gasteiger partial charge in [0.05, 0.1) is 11.3 Å². The highest BCUT2D eigenvalue weighted by atomic mass is 127. The first-order valence-corrected chi connectivity index (χ1v) is 7.27. The molecule has 0 aliphatic heterocycles. The smallest absolute Gasteiger partial charge is 0.313 e. The summed E-state index contributed by atoms with van der Waals surface area (Å²) in [4.78, 5) is 22.0. The highest BCUT2D eigenvalue weighted by Gasteiger charge is 2.09. The number of thioether (sulfide) groups is 1. The number of carboxylic acid groups (broad SMARTS) is 1. The molecule has 0 saturated heterocycles. The standard InChI is InChI=1S/C11H11FINO3S/c12-7-1-2-8(9(13)5-7)11(17)14-3-4-18-6-10(15)16/h1-2,5H,3-4,6H2,(H,14,17)(H,15,16). The molecule has 0 radical (unpaired) electrons. The summed E-state index contributed by atoms with van der Waals surface area (Å²) in [7, 11) is 0. The Morgan fingerprint density at radius 1 is 1.44 bits per heavy atom. The molecule has 0 aromatic heterocycles. The van der Waals surface area contributed by atoms with E-state index in [0.717, 1.165) is 0 Å². The highest BCUT2D eigenvalue weighted by Crippen LogP contribution is 2.13. The largest absolute Gasteiger partial charge is 0.481 e. The van der Waals surface area contributed by atoms with E-state index in [1.165, 1.54) is 30.0 Å². The lowest BCUT2D eigenvalue weighted by molar-refractivity contribution is -0.133. The first-order valence-electron chi connectivity index (χ1n) is 5.03. The molecular formula is C11H11FINO3S. The van der Waals surface area contributed by atoms with Crippen LogP contribution in [0.2, 0.25) is 0 Å². The van der Waals surface area contributed by atoms with Crippen molar-refractivity contribution in [3.63, 3.8) is 0 Å². The number of rotatable bonds is 6. The lowest BCUT2D eigenvalue weighted by Crippen LogP contribution is -2.26. The van der Waals surface area contributed by atoms with Crippen LogP contribution >= 0.6 is 34.4 Å². The number of carboxylic acids is 1. The number of aliphatic carboxylic acids is 1. The Labute approximate surface area is 121 Å². The Hall–Kier alpha value is -0.830. The van der Waals surface area contributed by atoms with Crippen LogP contribution in [0.4, 0.5) is 4.39 Å². The van der Waals surface area contributed by atoms with Crippen molar-refractivity contribution >= 4 is 46.2 Å². The summed E-state index contributed by atoms with van der Waals surface area (Å²) in [6, 6.07) is 3.95. The van der Waals surface area contributed by atoms with Gasteiger partial charge in [-0.2, -0.15) is 0 Å². The summed E-state index contributed by atoms with van der Waals surface area (Å²) in [6.07, 6.45) is 0. The van der Waals surface area contributed by atoms with Crippen molar-refractivity contribution < 1.29 is 19.1 Å². The van der Waals surface area contributed by atoms with Crippen LogP contribution in [0.5, 0.6) is 0 Å². The zero-order chi connectivity index (χ0) is 13.5. The Kier molecular flexibility index (Phi) is 6.41. The number of hydrogen-bond acceptors (Lipinski definition) is 3. The fraction of sp³-hybridized carbons (Fsp3) is 0.273. The molecule has 0 heterocycles. The SMILES string of the molecule is O=C(O)CSCCNC(=O)c1ccc(F)cc1I. The van der Waals surface area contributed by atoms with E-state index in [-0.39, 0.29) is 17.5 Å². The van der Waals surface area contributed by atoms with Gasteiger partial charge in [0.1, 0.15) is 5.82 Å². The molecule has 0 aliphatic carbocycles. The third-order valence-electron chi connectivity index (χ3n) is 1.93. The second kappa shape index (κ2) is 7.57. The van der Waals surface area contributed by atoms with Crippen molar-refractivity contribution in [3.8, 4) is 0 Å². The molecule has 0 aliphatic rings. The van der Waals surface area contributed by atoms with E-state index in [9.17, 15) is 14.0 Å². The third-order valence-corrected chi connectivity index (χ3v) is 3.77. The lowest BCUT2D eigenvalue weighted by atomic mass is 10.2. The fourth-order valence-corrected chi connectivity index (χ4v) is 2.45. The zero-order valence-electron chi connectivity index (χ0n) is 9.28. The van der Waals surface area contributed by atoms with E-state index < -0.39 is 5.97 Å². The summed E-state index contributed by atoms with van der Waals surface area (Å²) in [5.74, 6) is -0.998. The predicted octanol–water partition coefficient (Wildman–Crippen LogP) is 1.98. The quantitative estimate of drug-likeness (QED) is 0.583. The molecule has 1 amide bonds. The van der Waals surface area contributed by atoms with Crippen LogP contribution in [-0.2, 0) is 4.79 Å². The second-order valence-electron chi connectivity index (χ2n) is 3.33. The van der Waals surface area contributed by atoms with Crippen molar-refractivity contribution in [2.24, 2.45) is 0 Å². The fourth-order valence-electron chi connectivity index (χ4n) is 1.17. The number of amides is 1. The minimum absolute atomic E-state index is 0.0178. The van der Waals surface area contributed by atoms with Crippen LogP contribution in [0, 0.1) is 9.39 Å². The minimum atomic E-state index is -0.876. The summed E-state index contributed by atoms with van der Waals surface area (Å²) >= 11 is 3.12. The monoisotopic (exact) mass is 383 g/mol. The topological polar surface area (TPSA) is 66.4 Å². The molecule has 1 aromatic rings. The van der Waals surface area contributed by atoms with E-state index in [1.807, 2.05) is 22.6 Å². The van der Waals surface area contributed by atoms with Gasteiger partial charge >= 0.3 is 5.97 Å². The lowest BCUT2D eigenvalue weighted by Gasteiger charge is -2.06. The van der Waals surface area contributed by atoms with Crippen LogP contribution < -0.4 is 5.32 Å². The molecule has 98 valence electrons. The molecule has 1 rings (SSSR count). The van der Waals surface area contributed by atoms with Gasteiger partial charge in [0.2, 0.25) is 0 Å². The summed E-state index contributed by atoms with van der Waals surface area (Å²) in [5, 5.41) is 11.1. The molecule has 2 N–H and O–H groups in total. The number of carbonyl (C=O) groups is 2. The van der Waals surface area contributed by atoms with E-state index >= 15 is 0 Å². The molecule has 1 aromatic carbocycles. The van der Waals surface area contributed by atoms with Gasteiger partial charge in [-0.3, -0.25) is 9.59 Å². The van der Waals surface area contributed by atoms with E-state index in [2.05, 4.69) is 5.32 Å². The van der Waals surface area contributed by atoms with Crippen molar-refractivity contribution in [2.75, 3.05) is 18.1 Å². The first kappa shape index (κ1) is 15.2. The second-order valence-corrected chi connectivity index (χ2v) is 5.59.